The molecule has 0 heterocycles. The van der Waals surface area contributed by atoms with Crippen molar-refractivity contribution in [3.05, 3.63) is 12.7 Å². The van der Waals surface area contributed by atoms with Crippen LogP contribution in [0.3, 0.4) is 0 Å². The van der Waals surface area contributed by atoms with Crippen LogP contribution in [0.2, 0.25) is 0 Å². The fourth-order valence-corrected chi connectivity index (χ4v) is 2.81. The quantitative estimate of drug-likeness (QED) is 0.682. The lowest BCUT2D eigenvalue weighted by molar-refractivity contribution is 0.333. The van der Waals surface area contributed by atoms with Crippen molar-refractivity contribution in [3.8, 4) is 0 Å². The molecule has 16 heavy (non-hydrogen) atoms. The molecule has 0 aromatic rings. The lowest BCUT2D eigenvalue weighted by Crippen LogP contribution is -2.39. The zero-order valence-corrected chi connectivity index (χ0v) is 10.8. The Balaban J connectivity index is 2.38. The maximum absolute atomic E-state index is 6.48. The summed E-state index contributed by atoms with van der Waals surface area (Å²) in [4.78, 5) is 0. The fraction of sp³-hybridized carbons (Fsp3) is 0.867. The Morgan fingerprint density at radius 3 is 1.56 bits per heavy atom. The third kappa shape index (κ3) is 5.69. The van der Waals surface area contributed by atoms with Crippen molar-refractivity contribution in [1.29, 1.82) is 0 Å². The number of nitrogens with two attached hydrogens (primary N) is 1. The standard InChI is InChI=1S/C15H29N/c1-2-12-15(16)13-10-8-6-4-3-5-7-9-11-14-15/h2H,1,3-14,16H2. The lowest BCUT2D eigenvalue weighted by atomic mass is 9.84. The summed E-state index contributed by atoms with van der Waals surface area (Å²) >= 11 is 0. The van der Waals surface area contributed by atoms with Crippen molar-refractivity contribution >= 4 is 0 Å². The number of rotatable bonds is 2. The molecule has 0 unspecified atom stereocenters. The molecule has 0 amide bonds. The summed E-state index contributed by atoms with van der Waals surface area (Å²) in [5.74, 6) is 0. The minimum Gasteiger partial charge on any atom is -0.325 e. The topological polar surface area (TPSA) is 26.0 Å². The molecule has 0 bridgehead atoms. The van der Waals surface area contributed by atoms with Crippen LogP contribution >= 0.6 is 0 Å². The van der Waals surface area contributed by atoms with Gasteiger partial charge >= 0.3 is 0 Å². The molecule has 94 valence electrons. The second-order valence-corrected chi connectivity index (χ2v) is 5.54. The Labute approximate surface area is 101 Å². The molecule has 1 aliphatic rings. The number of hydrogen-bond donors (Lipinski definition) is 1. The fourth-order valence-electron chi connectivity index (χ4n) is 2.81. The molecule has 0 saturated heterocycles. The highest BCUT2D eigenvalue weighted by atomic mass is 14.7. The van der Waals surface area contributed by atoms with E-state index in [1.165, 1.54) is 70.6 Å². The van der Waals surface area contributed by atoms with Crippen LogP contribution in [-0.4, -0.2) is 5.54 Å². The van der Waals surface area contributed by atoms with E-state index in [2.05, 4.69) is 6.58 Å². The van der Waals surface area contributed by atoms with Gasteiger partial charge in [0.25, 0.3) is 0 Å². The van der Waals surface area contributed by atoms with E-state index in [9.17, 15) is 0 Å². The van der Waals surface area contributed by atoms with Gasteiger partial charge in [0.1, 0.15) is 0 Å². The Bertz CT molecular complexity index is 174. The smallest absolute Gasteiger partial charge is 0.0189 e. The predicted octanol–water partition coefficient (Wildman–Crippen LogP) is 4.56. The molecule has 0 radical (unpaired) electrons. The van der Waals surface area contributed by atoms with Crippen molar-refractivity contribution < 1.29 is 0 Å². The molecule has 0 aliphatic heterocycles. The summed E-state index contributed by atoms with van der Waals surface area (Å²) in [6, 6.07) is 0. The molecule has 1 aliphatic carbocycles. The molecule has 1 rings (SSSR count). The van der Waals surface area contributed by atoms with E-state index in [0.717, 1.165) is 6.42 Å². The van der Waals surface area contributed by atoms with Gasteiger partial charge in [-0.25, -0.2) is 0 Å². The highest BCUT2D eigenvalue weighted by Gasteiger charge is 2.22. The average Bonchev–Trinajstić information content (AvgIpc) is 2.24. The first-order chi connectivity index (χ1) is 7.77. The molecule has 1 heteroatoms. The largest absolute Gasteiger partial charge is 0.325 e. The van der Waals surface area contributed by atoms with Crippen molar-refractivity contribution in [2.24, 2.45) is 5.73 Å². The van der Waals surface area contributed by atoms with E-state index in [1.54, 1.807) is 0 Å². The third-order valence-electron chi connectivity index (χ3n) is 3.90. The van der Waals surface area contributed by atoms with Gasteiger partial charge in [-0.3, -0.25) is 0 Å². The minimum absolute atomic E-state index is 0.0565. The van der Waals surface area contributed by atoms with Gasteiger partial charge in [0, 0.05) is 5.54 Å². The van der Waals surface area contributed by atoms with Crippen LogP contribution in [0.4, 0.5) is 0 Å². The molecule has 0 aromatic carbocycles. The average molecular weight is 223 g/mol. The summed E-state index contributed by atoms with van der Waals surface area (Å²) < 4.78 is 0. The first-order valence-electron chi connectivity index (χ1n) is 7.17. The summed E-state index contributed by atoms with van der Waals surface area (Å²) in [5, 5.41) is 0. The second kappa shape index (κ2) is 7.89. The molecule has 1 nitrogen and oxygen atoms in total. The molecule has 0 atom stereocenters. The van der Waals surface area contributed by atoms with Crippen LogP contribution in [0.25, 0.3) is 0 Å². The molecule has 1 saturated carbocycles. The first kappa shape index (κ1) is 13.8. The Hall–Kier alpha value is -0.300. The van der Waals surface area contributed by atoms with E-state index >= 15 is 0 Å². The zero-order valence-electron chi connectivity index (χ0n) is 10.8. The van der Waals surface area contributed by atoms with Gasteiger partial charge in [0.15, 0.2) is 0 Å². The van der Waals surface area contributed by atoms with E-state index in [0.29, 0.717) is 0 Å². The van der Waals surface area contributed by atoms with Gasteiger partial charge in [-0.2, -0.15) is 0 Å². The van der Waals surface area contributed by atoms with E-state index in [4.69, 9.17) is 5.73 Å². The van der Waals surface area contributed by atoms with Gasteiger partial charge in [-0.05, 0) is 19.3 Å². The molecule has 2 N–H and O–H groups in total. The third-order valence-corrected chi connectivity index (χ3v) is 3.90. The summed E-state index contributed by atoms with van der Waals surface area (Å²) in [7, 11) is 0. The molecule has 1 fully saturated rings. The van der Waals surface area contributed by atoms with E-state index in [1.807, 2.05) is 6.08 Å². The summed E-state index contributed by atoms with van der Waals surface area (Å²) in [6.45, 7) is 3.85. The molecule has 0 spiro atoms. The highest BCUT2D eigenvalue weighted by molar-refractivity contribution is 4.90. The minimum atomic E-state index is 0.0565. The summed E-state index contributed by atoms with van der Waals surface area (Å²) in [6.07, 6.45) is 17.9. The van der Waals surface area contributed by atoms with Crippen LogP contribution in [0.1, 0.15) is 77.0 Å². The normalized spacial score (nSPS) is 24.1. The van der Waals surface area contributed by atoms with Crippen LogP contribution in [0.5, 0.6) is 0 Å². The van der Waals surface area contributed by atoms with Crippen LogP contribution < -0.4 is 5.73 Å². The summed E-state index contributed by atoms with van der Waals surface area (Å²) in [5.41, 5.74) is 6.53. The highest BCUT2D eigenvalue weighted by Crippen LogP contribution is 2.25. The molecule has 0 aromatic heterocycles. The SMILES string of the molecule is C=CCC1(N)CCCCCCCCCCC1. The van der Waals surface area contributed by atoms with Crippen LogP contribution in [-0.2, 0) is 0 Å². The van der Waals surface area contributed by atoms with Gasteiger partial charge in [0.2, 0.25) is 0 Å². The van der Waals surface area contributed by atoms with Gasteiger partial charge < -0.3 is 5.73 Å². The second-order valence-electron chi connectivity index (χ2n) is 5.54. The van der Waals surface area contributed by atoms with Crippen LogP contribution in [0.15, 0.2) is 12.7 Å². The zero-order chi connectivity index (χ0) is 11.7. The van der Waals surface area contributed by atoms with Crippen LogP contribution in [0, 0.1) is 0 Å². The molecular formula is C15H29N. The van der Waals surface area contributed by atoms with Crippen molar-refractivity contribution in [2.45, 2.75) is 82.6 Å². The maximum Gasteiger partial charge on any atom is 0.0189 e. The molecular weight excluding hydrogens is 194 g/mol. The van der Waals surface area contributed by atoms with Crippen molar-refractivity contribution in [2.75, 3.05) is 0 Å². The number of hydrogen-bond acceptors (Lipinski definition) is 1. The van der Waals surface area contributed by atoms with Gasteiger partial charge in [0.05, 0.1) is 0 Å². The Morgan fingerprint density at radius 2 is 1.19 bits per heavy atom. The Kier molecular flexibility index (Phi) is 6.79. The van der Waals surface area contributed by atoms with Gasteiger partial charge in [-0.15, -0.1) is 6.58 Å². The first-order valence-corrected chi connectivity index (χ1v) is 7.17. The van der Waals surface area contributed by atoms with Crippen molar-refractivity contribution in [3.63, 3.8) is 0 Å². The van der Waals surface area contributed by atoms with Gasteiger partial charge in [-0.1, -0.05) is 63.9 Å². The predicted molar refractivity (Wildman–Crippen MR) is 72.5 cm³/mol. The lowest BCUT2D eigenvalue weighted by Gasteiger charge is -2.29. The van der Waals surface area contributed by atoms with E-state index in [-0.39, 0.29) is 5.54 Å². The van der Waals surface area contributed by atoms with Crippen molar-refractivity contribution in [1.82, 2.24) is 0 Å². The Morgan fingerprint density at radius 1 is 0.812 bits per heavy atom. The van der Waals surface area contributed by atoms with E-state index < -0.39 is 0 Å². The maximum atomic E-state index is 6.48. The monoisotopic (exact) mass is 223 g/mol.